The van der Waals surface area contributed by atoms with E-state index in [0.717, 1.165) is 88.6 Å². The summed E-state index contributed by atoms with van der Waals surface area (Å²) >= 11 is 0. The highest BCUT2D eigenvalue weighted by Crippen LogP contribution is 2.41. The van der Waals surface area contributed by atoms with Gasteiger partial charge in [0.1, 0.15) is 11.2 Å². The topological polar surface area (TPSA) is 56.7 Å². The van der Waals surface area contributed by atoms with Gasteiger partial charge in [-0.1, -0.05) is 200 Å². The molecule has 0 aliphatic heterocycles. The minimum absolute atomic E-state index is 0.544. The molecule has 318 valence electrons. The molecule has 0 bridgehead atoms. The third kappa shape index (κ3) is 6.93. The number of nitrogens with zero attached hydrogens (tertiary/aromatic N) is 4. The predicted molar refractivity (Wildman–Crippen MR) is 279 cm³/mol. The van der Waals surface area contributed by atoms with Crippen LogP contribution in [0.25, 0.3) is 128 Å². The van der Waals surface area contributed by atoms with Crippen molar-refractivity contribution in [2.75, 3.05) is 0 Å². The summed E-state index contributed by atoms with van der Waals surface area (Å²) in [6.07, 6.45) is 0. The van der Waals surface area contributed by atoms with Crippen molar-refractivity contribution in [1.29, 1.82) is 0 Å². The molecule has 0 unspecified atom stereocenters. The van der Waals surface area contributed by atoms with Gasteiger partial charge in [-0.25, -0.2) is 15.0 Å². The molecule has 0 aliphatic rings. The van der Waals surface area contributed by atoms with Crippen LogP contribution < -0.4 is 0 Å². The average molecular weight is 869 g/mol. The number of hydrogen-bond donors (Lipinski definition) is 0. The lowest BCUT2D eigenvalue weighted by Crippen LogP contribution is -2.00. The van der Waals surface area contributed by atoms with Crippen molar-refractivity contribution in [2.24, 2.45) is 0 Å². The van der Waals surface area contributed by atoms with Crippen LogP contribution in [0.4, 0.5) is 0 Å². The first-order chi connectivity index (χ1) is 33.7. The molecule has 0 N–H and O–H groups in total. The molecule has 0 amide bonds. The van der Waals surface area contributed by atoms with Gasteiger partial charge in [0.25, 0.3) is 0 Å². The highest BCUT2D eigenvalue weighted by molar-refractivity contribution is 6.18. The van der Waals surface area contributed by atoms with Crippen LogP contribution in [0.15, 0.2) is 247 Å². The normalized spacial score (nSPS) is 11.5. The van der Waals surface area contributed by atoms with Crippen molar-refractivity contribution < 1.29 is 4.42 Å². The number of benzene rings is 10. The number of hydrogen-bond acceptors (Lipinski definition) is 4. The number of fused-ring (bicyclic) bond motifs is 6. The van der Waals surface area contributed by atoms with Gasteiger partial charge in [-0.15, -0.1) is 0 Å². The number of furan rings is 1. The van der Waals surface area contributed by atoms with E-state index in [-0.39, 0.29) is 0 Å². The maximum absolute atomic E-state index is 6.96. The molecule has 13 aromatic rings. The van der Waals surface area contributed by atoms with Crippen LogP contribution in [0.3, 0.4) is 0 Å². The van der Waals surface area contributed by atoms with Crippen molar-refractivity contribution in [1.82, 2.24) is 19.5 Å². The van der Waals surface area contributed by atoms with E-state index in [0.29, 0.717) is 17.5 Å². The maximum Gasteiger partial charge on any atom is 0.167 e. The van der Waals surface area contributed by atoms with Gasteiger partial charge in [-0.2, -0.15) is 0 Å². The fourth-order valence-electron chi connectivity index (χ4n) is 9.67. The fourth-order valence-corrected chi connectivity index (χ4v) is 9.67. The highest BCUT2D eigenvalue weighted by atomic mass is 16.3. The van der Waals surface area contributed by atoms with Crippen LogP contribution >= 0.6 is 0 Å². The van der Waals surface area contributed by atoms with Crippen LogP contribution in [-0.2, 0) is 0 Å². The molecule has 5 heteroatoms. The van der Waals surface area contributed by atoms with Gasteiger partial charge in [0, 0.05) is 44.4 Å². The molecular formula is C63H40N4O. The summed E-state index contributed by atoms with van der Waals surface area (Å²) < 4.78 is 9.31. The number of rotatable bonds is 8. The van der Waals surface area contributed by atoms with E-state index in [1.54, 1.807) is 0 Å². The quantitative estimate of drug-likeness (QED) is 0.153. The van der Waals surface area contributed by atoms with Crippen molar-refractivity contribution in [3.63, 3.8) is 0 Å². The van der Waals surface area contributed by atoms with Crippen molar-refractivity contribution in [3.8, 4) is 84.4 Å². The first-order valence-corrected chi connectivity index (χ1v) is 22.9. The standard InChI is InChI=1S/C63H40N4O/c1-4-14-41(15-5-1)44-26-30-47(31-27-44)61-64-62(48-32-28-45(29-33-48)42-16-6-2-7-17-42)66-63(65-61)54-24-13-23-53-56-39-55-52-22-10-11-25-57(52)67(58(55)40-59(56)68-60(53)54)51-36-34-46(35-37-51)50-21-12-20-49(38-50)43-18-8-3-9-19-43/h1-40H. The van der Waals surface area contributed by atoms with Crippen LogP contribution in [0.5, 0.6) is 0 Å². The number of para-hydroxylation sites is 2. The summed E-state index contributed by atoms with van der Waals surface area (Å²) in [5, 5.41) is 4.37. The van der Waals surface area contributed by atoms with Crippen molar-refractivity contribution in [3.05, 3.63) is 243 Å². The molecular weight excluding hydrogens is 829 g/mol. The first-order valence-electron chi connectivity index (χ1n) is 22.9. The molecule has 3 heterocycles. The average Bonchev–Trinajstić information content (AvgIpc) is 3.95. The summed E-state index contributed by atoms with van der Waals surface area (Å²) in [7, 11) is 0. The zero-order valence-electron chi connectivity index (χ0n) is 36.8. The monoisotopic (exact) mass is 868 g/mol. The Morgan fingerprint density at radius 1 is 0.279 bits per heavy atom. The molecule has 0 saturated carbocycles. The molecule has 10 aromatic carbocycles. The van der Waals surface area contributed by atoms with E-state index in [9.17, 15) is 0 Å². The third-order valence-corrected chi connectivity index (χ3v) is 13.1. The summed E-state index contributed by atoms with van der Waals surface area (Å²) in [6, 6.07) is 85.2. The van der Waals surface area contributed by atoms with Crippen LogP contribution in [-0.4, -0.2) is 19.5 Å². The lowest BCUT2D eigenvalue weighted by atomic mass is 9.99. The fraction of sp³-hybridized carbons (Fsp3) is 0. The Hall–Kier alpha value is -9.19. The van der Waals surface area contributed by atoms with E-state index in [2.05, 4.69) is 235 Å². The summed E-state index contributed by atoms with van der Waals surface area (Å²) in [4.78, 5) is 15.5. The Morgan fingerprint density at radius 2 is 0.721 bits per heavy atom. The molecule has 0 aliphatic carbocycles. The highest BCUT2D eigenvalue weighted by Gasteiger charge is 2.21. The molecule has 5 nitrogen and oxygen atoms in total. The minimum Gasteiger partial charge on any atom is -0.455 e. The zero-order valence-corrected chi connectivity index (χ0v) is 36.8. The number of aromatic nitrogens is 4. The molecule has 0 atom stereocenters. The lowest BCUT2D eigenvalue weighted by Gasteiger charge is -2.10. The van der Waals surface area contributed by atoms with Gasteiger partial charge >= 0.3 is 0 Å². The molecule has 0 radical (unpaired) electrons. The Morgan fingerprint density at radius 3 is 1.32 bits per heavy atom. The van der Waals surface area contributed by atoms with Gasteiger partial charge in [0.2, 0.25) is 0 Å². The second-order valence-corrected chi connectivity index (χ2v) is 17.2. The summed E-state index contributed by atoms with van der Waals surface area (Å²) in [5.74, 6) is 1.72. The van der Waals surface area contributed by atoms with E-state index in [1.165, 1.54) is 22.1 Å². The van der Waals surface area contributed by atoms with Crippen molar-refractivity contribution >= 4 is 43.7 Å². The Labute approximate surface area is 392 Å². The molecule has 0 spiro atoms. The Kier molecular flexibility index (Phi) is 9.43. The van der Waals surface area contributed by atoms with Crippen LogP contribution in [0.2, 0.25) is 0 Å². The lowest BCUT2D eigenvalue weighted by molar-refractivity contribution is 0.670. The Bertz CT molecular complexity index is 3870. The molecule has 3 aromatic heterocycles. The van der Waals surface area contributed by atoms with Crippen LogP contribution in [0, 0.1) is 0 Å². The molecule has 68 heavy (non-hydrogen) atoms. The molecule has 0 saturated heterocycles. The summed E-state index contributed by atoms with van der Waals surface area (Å²) in [6.45, 7) is 0. The van der Waals surface area contributed by atoms with E-state index < -0.39 is 0 Å². The zero-order chi connectivity index (χ0) is 45.0. The van der Waals surface area contributed by atoms with Crippen molar-refractivity contribution in [2.45, 2.75) is 0 Å². The van der Waals surface area contributed by atoms with E-state index in [1.807, 2.05) is 12.1 Å². The van der Waals surface area contributed by atoms with Crippen LogP contribution in [0.1, 0.15) is 0 Å². The summed E-state index contributed by atoms with van der Waals surface area (Å²) in [5.41, 5.74) is 16.7. The minimum atomic E-state index is 0.544. The first kappa shape index (κ1) is 39.2. The maximum atomic E-state index is 6.96. The van der Waals surface area contributed by atoms with E-state index in [4.69, 9.17) is 19.4 Å². The third-order valence-electron chi connectivity index (χ3n) is 13.1. The van der Waals surface area contributed by atoms with E-state index >= 15 is 0 Å². The predicted octanol–water partition coefficient (Wildman–Crippen LogP) is 16.5. The molecule has 0 fully saturated rings. The SMILES string of the molecule is c1ccc(-c2ccc(-c3nc(-c4ccc(-c5ccccc5)cc4)nc(-c4cccc5c4oc4cc6c(cc45)c4ccccc4n6-c4ccc(-c5cccc(-c6ccccc6)c5)cc4)n3)cc2)cc1. The van der Waals surface area contributed by atoms with Gasteiger partial charge in [0.15, 0.2) is 17.5 Å². The largest absolute Gasteiger partial charge is 0.455 e. The second-order valence-electron chi connectivity index (χ2n) is 17.2. The van der Waals surface area contributed by atoms with Gasteiger partial charge in [-0.05, 0) is 80.9 Å². The smallest absolute Gasteiger partial charge is 0.167 e. The Balaban J connectivity index is 0.929. The van der Waals surface area contributed by atoms with Gasteiger partial charge in [-0.3, -0.25) is 0 Å². The van der Waals surface area contributed by atoms with Gasteiger partial charge in [0.05, 0.1) is 16.6 Å². The molecule has 13 rings (SSSR count). The van der Waals surface area contributed by atoms with Gasteiger partial charge < -0.3 is 8.98 Å². The second kappa shape index (κ2) is 16.4.